The van der Waals surface area contributed by atoms with Crippen LogP contribution in [0.2, 0.25) is 0 Å². The van der Waals surface area contributed by atoms with Crippen LogP contribution in [0, 0.1) is 13.8 Å². The van der Waals surface area contributed by atoms with Crippen molar-refractivity contribution >= 4 is 48.7 Å². The number of nitrogens with one attached hydrogen (secondary N) is 1. The van der Waals surface area contributed by atoms with Crippen LogP contribution in [-0.2, 0) is 0 Å². The number of hydrogen-bond donors (Lipinski definition) is 2. The summed E-state index contributed by atoms with van der Waals surface area (Å²) in [6.07, 6.45) is -1.09. The minimum atomic E-state index is -1.09. The molecule has 1 aromatic carbocycles. The topological polar surface area (TPSA) is 62.2 Å². The van der Waals surface area contributed by atoms with E-state index in [2.05, 4.69) is 26.2 Å². The number of rotatable bonds is 1. The third-order valence-corrected chi connectivity index (χ3v) is 4.23. The Kier molecular flexibility index (Phi) is 2.86. The number of carboxylic acid groups (broad SMARTS) is 1. The Labute approximate surface area is 104 Å². The number of halogens is 1. The van der Waals surface area contributed by atoms with E-state index in [1.165, 1.54) is 11.3 Å². The summed E-state index contributed by atoms with van der Waals surface area (Å²) >= 11 is 4.81. The molecule has 2 rings (SSSR count). The van der Waals surface area contributed by atoms with Gasteiger partial charge >= 0.3 is 6.09 Å². The van der Waals surface area contributed by atoms with Crippen LogP contribution >= 0.6 is 27.3 Å². The molecule has 0 spiro atoms. The van der Waals surface area contributed by atoms with Gasteiger partial charge in [0.05, 0.1) is 10.2 Å². The number of aromatic nitrogens is 1. The van der Waals surface area contributed by atoms with Gasteiger partial charge in [-0.05, 0) is 47.0 Å². The van der Waals surface area contributed by atoms with Crippen molar-refractivity contribution in [2.24, 2.45) is 0 Å². The Hall–Kier alpha value is -1.14. The van der Waals surface area contributed by atoms with Gasteiger partial charge in [0.2, 0.25) is 0 Å². The fraction of sp³-hybridized carbons (Fsp3) is 0.200. The minimum Gasteiger partial charge on any atom is -0.465 e. The summed E-state index contributed by atoms with van der Waals surface area (Å²) in [4.78, 5) is 14.7. The third kappa shape index (κ3) is 1.90. The average Bonchev–Trinajstić information content (AvgIpc) is 2.56. The maximum absolute atomic E-state index is 10.5. The van der Waals surface area contributed by atoms with Crippen molar-refractivity contribution in [3.05, 3.63) is 21.7 Å². The Bertz CT molecular complexity index is 580. The summed E-state index contributed by atoms with van der Waals surface area (Å²) in [6, 6.07) is 2.01. The summed E-state index contributed by atoms with van der Waals surface area (Å²) < 4.78 is 1.90. The van der Waals surface area contributed by atoms with Crippen LogP contribution in [0.25, 0.3) is 10.2 Å². The first kappa shape index (κ1) is 11.3. The monoisotopic (exact) mass is 300 g/mol. The zero-order valence-electron chi connectivity index (χ0n) is 8.67. The van der Waals surface area contributed by atoms with E-state index in [0.29, 0.717) is 5.13 Å². The summed E-state index contributed by atoms with van der Waals surface area (Å²) in [5, 5.41) is 11.3. The maximum atomic E-state index is 10.5. The van der Waals surface area contributed by atoms with Crippen molar-refractivity contribution in [3.63, 3.8) is 0 Å². The smallest absolute Gasteiger partial charge is 0.410 e. The number of hydrogen-bond acceptors (Lipinski definition) is 3. The number of carbonyl (C=O) groups is 1. The molecule has 0 bridgehead atoms. The summed E-state index contributed by atoms with van der Waals surface area (Å²) in [5.41, 5.74) is 3.08. The van der Waals surface area contributed by atoms with E-state index in [0.717, 1.165) is 25.8 Å². The zero-order chi connectivity index (χ0) is 11.9. The van der Waals surface area contributed by atoms with Crippen LogP contribution in [-0.4, -0.2) is 16.2 Å². The molecular weight excluding hydrogens is 292 g/mol. The summed E-state index contributed by atoms with van der Waals surface area (Å²) in [5.74, 6) is 0. The van der Waals surface area contributed by atoms with Gasteiger partial charge in [-0.2, -0.15) is 0 Å². The predicted molar refractivity (Wildman–Crippen MR) is 68.4 cm³/mol. The van der Waals surface area contributed by atoms with Crippen LogP contribution in [0.5, 0.6) is 0 Å². The highest BCUT2D eigenvalue weighted by Gasteiger charge is 2.12. The quantitative estimate of drug-likeness (QED) is 0.843. The molecule has 0 radical (unpaired) electrons. The molecule has 2 aromatic rings. The number of amides is 1. The van der Waals surface area contributed by atoms with E-state index in [-0.39, 0.29) is 0 Å². The Morgan fingerprint density at radius 3 is 2.88 bits per heavy atom. The largest absolute Gasteiger partial charge is 0.465 e. The van der Waals surface area contributed by atoms with Crippen LogP contribution in [0.15, 0.2) is 10.5 Å². The van der Waals surface area contributed by atoms with E-state index in [1.807, 2.05) is 19.9 Å². The molecule has 1 heterocycles. The zero-order valence-corrected chi connectivity index (χ0v) is 11.1. The molecule has 16 heavy (non-hydrogen) atoms. The standard InChI is InChI=1S/C10H9BrN2O2S/c1-4-3-6-8(7(11)5(4)2)12-9(16-6)13-10(14)15/h3H,1-2H3,(H,12,13)(H,14,15). The van der Waals surface area contributed by atoms with Gasteiger partial charge in [0, 0.05) is 4.47 Å². The van der Waals surface area contributed by atoms with Gasteiger partial charge in [0.15, 0.2) is 5.13 Å². The van der Waals surface area contributed by atoms with Gasteiger partial charge in [-0.25, -0.2) is 9.78 Å². The van der Waals surface area contributed by atoms with Gasteiger partial charge in [0.25, 0.3) is 0 Å². The van der Waals surface area contributed by atoms with E-state index in [4.69, 9.17) is 5.11 Å². The molecule has 4 nitrogen and oxygen atoms in total. The SMILES string of the molecule is Cc1cc2sc(NC(=O)O)nc2c(Br)c1C. The second kappa shape index (κ2) is 4.03. The highest BCUT2D eigenvalue weighted by atomic mass is 79.9. The van der Waals surface area contributed by atoms with Gasteiger partial charge in [-0.15, -0.1) is 0 Å². The Morgan fingerprint density at radius 2 is 2.25 bits per heavy atom. The van der Waals surface area contributed by atoms with Gasteiger partial charge in [0.1, 0.15) is 0 Å². The fourth-order valence-corrected chi connectivity index (χ4v) is 3.10. The van der Waals surface area contributed by atoms with Crippen LogP contribution in [0.1, 0.15) is 11.1 Å². The lowest BCUT2D eigenvalue weighted by molar-refractivity contribution is 0.210. The molecule has 0 unspecified atom stereocenters. The number of fused-ring (bicyclic) bond motifs is 1. The maximum Gasteiger partial charge on any atom is 0.410 e. The molecule has 0 aliphatic rings. The van der Waals surface area contributed by atoms with Crippen molar-refractivity contribution < 1.29 is 9.90 Å². The van der Waals surface area contributed by atoms with Crippen LogP contribution in [0.4, 0.5) is 9.93 Å². The summed E-state index contributed by atoms with van der Waals surface area (Å²) in [6.45, 7) is 4.02. The molecule has 0 saturated carbocycles. The van der Waals surface area contributed by atoms with E-state index in [1.54, 1.807) is 0 Å². The van der Waals surface area contributed by atoms with E-state index < -0.39 is 6.09 Å². The minimum absolute atomic E-state index is 0.396. The van der Waals surface area contributed by atoms with Crippen molar-refractivity contribution in [1.82, 2.24) is 4.98 Å². The molecule has 0 aliphatic heterocycles. The number of nitrogens with zero attached hydrogens (tertiary/aromatic N) is 1. The van der Waals surface area contributed by atoms with E-state index in [9.17, 15) is 4.79 Å². The third-order valence-electron chi connectivity index (χ3n) is 2.34. The number of thiazole rings is 1. The van der Waals surface area contributed by atoms with Crippen molar-refractivity contribution in [2.75, 3.05) is 5.32 Å². The van der Waals surface area contributed by atoms with Gasteiger partial charge < -0.3 is 5.11 Å². The molecule has 1 amide bonds. The molecule has 0 fully saturated rings. The first-order chi connectivity index (χ1) is 7.49. The van der Waals surface area contributed by atoms with Crippen molar-refractivity contribution in [2.45, 2.75) is 13.8 Å². The fourth-order valence-electron chi connectivity index (χ4n) is 1.39. The number of benzene rings is 1. The van der Waals surface area contributed by atoms with Crippen molar-refractivity contribution in [3.8, 4) is 0 Å². The van der Waals surface area contributed by atoms with Crippen molar-refractivity contribution in [1.29, 1.82) is 0 Å². The average molecular weight is 301 g/mol. The summed E-state index contributed by atoms with van der Waals surface area (Å²) in [7, 11) is 0. The second-order valence-corrected chi connectivity index (χ2v) is 5.25. The normalized spacial score (nSPS) is 10.7. The van der Waals surface area contributed by atoms with Crippen LogP contribution in [0.3, 0.4) is 0 Å². The Balaban J connectivity index is 2.62. The lowest BCUT2D eigenvalue weighted by Crippen LogP contribution is -2.06. The number of aryl methyl sites for hydroxylation is 1. The van der Waals surface area contributed by atoms with Gasteiger partial charge in [-0.3, -0.25) is 5.32 Å². The van der Waals surface area contributed by atoms with E-state index >= 15 is 0 Å². The number of anilines is 1. The first-order valence-electron chi connectivity index (χ1n) is 4.55. The Morgan fingerprint density at radius 1 is 1.56 bits per heavy atom. The molecule has 2 N–H and O–H groups in total. The lowest BCUT2D eigenvalue weighted by atomic mass is 10.1. The molecular formula is C10H9BrN2O2S. The second-order valence-electron chi connectivity index (χ2n) is 3.43. The highest BCUT2D eigenvalue weighted by Crippen LogP contribution is 2.34. The molecule has 1 aromatic heterocycles. The molecule has 84 valence electrons. The molecule has 0 atom stereocenters. The lowest BCUT2D eigenvalue weighted by Gasteiger charge is -2.02. The van der Waals surface area contributed by atoms with Gasteiger partial charge in [-0.1, -0.05) is 11.3 Å². The highest BCUT2D eigenvalue weighted by molar-refractivity contribution is 9.10. The predicted octanol–water partition coefficient (Wildman–Crippen LogP) is 3.77. The first-order valence-corrected chi connectivity index (χ1v) is 6.16. The molecule has 0 saturated heterocycles. The van der Waals surface area contributed by atoms with Crippen LogP contribution < -0.4 is 5.32 Å². The molecule has 6 heteroatoms. The molecule has 0 aliphatic carbocycles.